The number of para-hydroxylation sites is 1. The standard InChI is InChI=1S/C25H22N6O4/c1-16(32)28-22-14-18(11-12-26-22)35-19-9-10-21(27-15-19)29-24(33)23-20-8-5-13-30(20)31(25(23)34)17-6-3-2-4-7-17/h2-4,6-7,9-12,14-15H,5,8,13H2,1H3,(H,26,28,32)(H,27,29,33). The average molecular weight is 470 g/mol. The molecule has 10 heteroatoms. The highest BCUT2D eigenvalue weighted by Gasteiger charge is 2.28. The summed E-state index contributed by atoms with van der Waals surface area (Å²) in [6.45, 7) is 2.07. The molecule has 4 aromatic rings. The van der Waals surface area contributed by atoms with Crippen LogP contribution < -0.4 is 20.9 Å². The zero-order valence-corrected chi connectivity index (χ0v) is 18.9. The minimum Gasteiger partial charge on any atom is -0.456 e. The molecule has 0 saturated carbocycles. The fourth-order valence-electron chi connectivity index (χ4n) is 4.08. The van der Waals surface area contributed by atoms with E-state index >= 15 is 0 Å². The van der Waals surface area contributed by atoms with Crippen molar-refractivity contribution in [2.24, 2.45) is 0 Å². The van der Waals surface area contributed by atoms with Gasteiger partial charge in [0.25, 0.3) is 11.5 Å². The van der Waals surface area contributed by atoms with Crippen LogP contribution in [0.15, 0.2) is 71.8 Å². The van der Waals surface area contributed by atoms with E-state index in [0.717, 1.165) is 17.8 Å². The third-order valence-electron chi connectivity index (χ3n) is 5.51. The lowest BCUT2D eigenvalue weighted by Gasteiger charge is -2.08. The quantitative estimate of drug-likeness (QED) is 0.446. The SMILES string of the molecule is CC(=O)Nc1cc(Oc2ccc(NC(=O)c3c4n(n(-c5ccccc5)c3=O)CCC4)nc2)ccn1. The summed E-state index contributed by atoms with van der Waals surface area (Å²) in [5.41, 5.74) is 1.23. The van der Waals surface area contributed by atoms with Gasteiger partial charge < -0.3 is 15.4 Å². The zero-order chi connectivity index (χ0) is 24.4. The van der Waals surface area contributed by atoms with E-state index in [1.54, 1.807) is 28.9 Å². The van der Waals surface area contributed by atoms with E-state index in [2.05, 4.69) is 20.6 Å². The van der Waals surface area contributed by atoms with Gasteiger partial charge in [-0.05, 0) is 43.2 Å². The van der Waals surface area contributed by atoms with Crippen LogP contribution in [0.1, 0.15) is 29.4 Å². The van der Waals surface area contributed by atoms with Gasteiger partial charge in [-0.1, -0.05) is 18.2 Å². The second-order valence-electron chi connectivity index (χ2n) is 7.99. The first-order valence-electron chi connectivity index (χ1n) is 11.1. The molecule has 1 aliphatic heterocycles. The highest BCUT2D eigenvalue weighted by Crippen LogP contribution is 2.24. The second kappa shape index (κ2) is 9.26. The van der Waals surface area contributed by atoms with Gasteiger partial charge in [-0.2, -0.15) is 0 Å². The molecule has 0 atom stereocenters. The third kappa shape index (κ3) is 4.54. The molecular weight excluding hydrogens is 448 g/mol. The highest BCUT2D eigenvalue weighted by molar-refractivity contribution is 6.04. The van der Waals surface area contributed by atoms with Crippen molar-refractivity contribution >= 4 is 23.5 Å². The summed E-state index contributed by atoms with van der Waals surface area (Å²) in [4.78, 5) is 45.8. The van der Waals surface area contributed by atoms with Gasteiger partial charge in [-0.25, -0.2) is 14.6 Å². The first-order chi connectivity index (χ1) is 17.0. The van der Waals surface area contributed by atoms with E-state index in [9.17, 15) is 14.4 Å². The fraction of sp³-hybridized carbons (Fsp3) is 0.160. The van der Waals surface area contributed by atoms with Crippen LogP contribution in [0.25, 0.3) is 5.69 Å². The Bertz CT molecular complexity index is 1460. The number of hydrogen-bond acceptors (Lipinski definition) is 6. The van der Waals surface area contributed by atoms with Gasteiger partial charge in [0.2, 0.25) is 5.91 Å². The lowest BCUT2D eigenvalue weighted by Crippen LogP contribution is -2.26. The van der Waals surface area contributed by atoms with Crippen LogP contribution in [0.2, 0.25) is 0 Å². The number of nitrogens with one attached hydrogen (secondary N) is 2. The van der Waals surface area contributed by atoms with Gasteiger partial charge >= 0.3 is 0 Å². The van der Waals surface area contributed by atoms with Crippen molar-refractivity contribution in [2.75, 3.05) is 10.6 Å². The molecule has 4 heterocycles. The number of fused-ring (bicyclic) bond motifs is 1. The summed E-state index contributed by atoms with van der Waals surface area (Å²) in [5, 5.41) is 5.32. The van der Waals surface area contributed by atoms with Crippen LogP contribution >= 0.6 is 0 Å². The maximum absolute atomic E-state index is 13.2. The lowest BCUT2D eigenvalue weighted by atomic mass is 10.2. The van der Waals surface area contributed by atoms with Crippen molar-refractivity contribution in [3.05, 3.63) is 88.6 Å². The Morgan fingerprint density at radius 2 is 1.80 bits per heavy atom. The third-order valence-corrected chi connectivity index (χ3v) is 5.51. The number of carbonyl (C=O) groups excluding carboxylic acids is 2. The van der Waals surface area contributed by atoms with Gasteiger partial charge in [0, 0.05) is 25.7 Å². The minimum atomic E-state index is -0.495. The van der Waals surface area contributed by atoms with E-state index in [-0.39, 0.29) is 17.0 Å². The first-order valence-corrected chi connectivity index (χ1v) is 11.1. The molecule has 35 heavy (non-hydrogen) atoms. The molecule has 2 amide bonds. The molecule has 0 saturated heterocycles. The molecule has 0 aliphatic carbocycles. The van der Waals surface area contributed by atoms with E-state index in [4.69, 9.17) is 4.74 Å². The van der Waals surface area contributed by atoms with Gasteiger partial charge in [-0.15, -0.1) is 0 Å². The molecule has 3 aromatic heterocycles. The Morgan fingerprint density at radius 3 is 2.54 bits per heavy atom. The van der Waals surface area contributed by atoms with E-state index < -0.39 is 5.91 Å². The molecule has 1 aromatic carbocycles. The first kappa shape index (κ1) is 22.1. The lowest BCUT2D eigenvalue weighted by molar-refractivity contribution is -0.114. The van der Waals surface area contributed by atoms with Crippen LogP contribution in [-0.2, 0) is 17.8 Å². The summed E-state index contributed by atoms with van der Waals surface area (Å²) in [5.74, 6) is 0.825. The van der Waals surface area contributed by atoms with Crippen molar-refractivity contribution < 1.29 is 14.3 Å². The van der Waals surface area contributed by atoms with Crippen LogP contribution in [0.3, 0.4) is 0 Å². The molecule has 5 rings (SSSR count). The van der Waals surface area contributed by atoms with E-state index in [0.29, 0.717) is 36.1 Å². The van der Waals surface area contributed by atoms with Crippen molar-refractivity contribution in [3.8, 4) is 17.2 Å². The normalized spacial score (nSPS) is 12.1. The van der Waals surface area contributed by atoms with Crippen LogP contribution in [0.5, 0.6) is 11.5 Å². The van der Waals surface area contributed by atoms with E-state index in [1.807, 2.05) is 35.0 Å². The maximum atomic E-state index is 13.2. The van der Waals surface area contributed by atoms with Crippen molar-refractivity contribution in [3.63, 3.8) is 0 Å². The van der Waals surface area contributed by atoms with Crippen molar-refractivity contribution in [1.82, 2.24) is 19.3 Å². The van der Waals surface area contributed by atoms with Gasteiger partial charge in [0.15, 0.2) is 0 Å². The number of nitrogens with zero attached hydrogens (tertiary/aromatic N) is 4. The van der Waals surface area contributed by atoms with Gasteiger partial charge in [0.05, 0.1) is 17.6 Å². The smallest absolute Gasteiger partial charge is 0.284 e. The minimum absolute atomic E-state index is 0.135. The van der Waals surface area contributed by atoms with Crippen LogP contribution in [0.4, 0.5) is 11.6 Å². The summed E-state index contributed by atoms with van der Waals surface area (Å²) in [7, 11) is 0. The Kier molecular flexibility index (Phi) is 5.84. The number of hydrogen-bond donors (Lipinski definition) is 2. The molecule has 1 aliphatic rings. The largest absolute Gasteiger partial charge is 0.456 e. The monoisotopic (exact) mass is 470 g/mol. The zero-order valence-electron chi connectivity index (χ0n) is 18.9. The maximum Gasteiger partial charge on any atom is 0.284 e. The van der Waals surface area contributed by atoms with Crippen molar-refractivity contribution in [2.45, 2.75) is 26.3 Å². The molecule has 0 fully saturated rings. The number of benzene rings is 1. The topological polar surface area (TPSA) is 120 Å². The van der Waals surface area contributed by atoms with Gasteiger partial charge in [-0.3, -0.25) is 19.1 Å². The average Bonchev–Trinajstić information content (AvgIpc) is 3.40. The van der Waals surface area contributed by atoms with E-state index in [1.165, 1.54) is 19.3 Å². The molecule has 0 spiro atoms. The van der Waals surface area contributed by atoms with Crippen LogP contribution in [0, 0.1) is 0 Å². The number of pyridine rings is 2. The molecular formula is C25H22N6O4. The fourth-order valence-corrected chi connectivity index (χ4v) is 4.08. The number of anilines is 2. The summed E-state index contributed by atoms with van der Waals surface area (Å²) in [6.07, 6.45) is 4.50. The Morgan fingerprint density at radius 1 is 0.971 bits per heavy atom. The number of rotatable bonds is 6. The number of amides is 2. The van der Waals surface area contributed by atoms with Gasteiger partial charge in [0.1, 0.15) is 28.7 Å². The number of ether oxygens (including phenoxy) is 1. The molecule has 0 bridgehead atoms. The Hall–Kier alpha value is -4.73. The van der Waals surface area contributed by atoms with Crippen molar-refractivity contribution in [1.29, 1.82) is 0 Å². The predicted molar refractivity (Wildman–Crippen MR) is 129 cm³/mol. The van der Waals surface area contributed by atoms with Crippen LogP contribution in [-0.4, -0.2) is 31.1 Å². The summed E-state index contributed by atoms with van der Waals surface area (Å²) in [6, 6.07) is 15.8. The molecule has 0 unspecified atom stereocenters. The highest BCUT2D eigenvalue weighted by atomic mass is 16.5. The number of carbonyl (C=O) groups is 2. The Balaban J connectivity index is 1.34. The molecule has 2 N–H and O–H groups in total. The predicted octanol–water partition coefficient (Wildman–Crippen LogP) is 3.38. The number of aromatic nitrogens is 4. The molecule has 176 valence electrons. The second-order valence-corrected chi connectivity index (χ2v) is 7.99. The Labute approximate surface area is 200 Å². The molecule has 10 nitrogen and oxygen atoms in total. The summed E-state index contributed by atoms with van der Waals surface area (Å²) >= 11 is 0. The molecule has 0 radical (unpaired) electrons. The summed E-state index contributed by atoms with van der Waals surface area (Å²) < 4.78 is 9.19.